The van der Waals surface area contributed by atoms with Crippen molar-refractivity contribution in [3.63, 3.8) is 0 Å². The summed E-state index contributed by atoms with van der Waals surface area (Å²) in [6, 6.07) is 3.56. The molecule has 1 aromatic rings. The lowest BCUT2D eigenvalue weighted by Gasteiger charge is -1.95. The van der Waals surface area contributed by atoms with Crippen LogP contribution in [0.3, 0.4) is 0 Å². The van der Waals surface area contributed by atoms with Crippen LogP contribution in [0.4, 0.5) is 5.82 Å². The molecule has 0 atom stereocenters. The van der Waals surface area contributed by atoms with Gasteiger partial charge in [0, 0.05) is 24.1 Å². The van der Waals surface area contributed by atoms with Gasteiger partial charge < -0.3 is 5.73 Å². The molecule has 2 N–H and O–H groups in total. The second-order valence-corrected chi connectivity index (χ2v) is 2.89. The third-order valence-electron chi connectivity index (χ3n) is 1.49. The molecule has 0 saturated heterocycles. The minimum absolute atomic E-state index is 0.232. The number of nitrogen functional groups attached to an aromatic ring is 1. The molecule has 0 saturated carbocycles. The Morgan fingerprint density at radius 1 is 1.57 bits per heavy atom. The molecule has 1 rings (SSSR count). The van der Waals surface area contributed by atoms with Crippen LogP contribution in [0.2, 0.25) is 0 Å². The molecule has 3 nitrogen and oxygen atoms in total. The van der Waals surface area contributed by atoms with Crippen LogP contribution in [0.25, 0.3) is 0 Å². The van der Waals surface area contributed by atoms with E-state index in [1.807, 2.05) is 6.07 Å². The lowest BCUT2D eigenvalue weighted by Crippen LogP contribution is -1.94. The van der Waals surface area contributed by atoms with E-state index in [1.54, 1.807) is 6.07 Å². The number of aromatic nitrogens is 1. The van der Waals surface area contributed by atoms with Gasteiger partial charge in [0.1, 0.15) is 11.9 Å². The highest BCUT2D eigenvalue weighted by Crippen LogP contribution is 2.08. The van der Waals surface area contributed by atoms with E-state index < -0.39 is 0 Å². The topological polar surface area (TPSA) is 62.7 Å². The molecule has 0 radical (unpaired) electrons. The molecule has 0 fully saturated rings. The summed E-state index contributed by atoms with van der Waals surface area (Å²) in [5, 5.41) is 8.68. The van der Waals surface area contributed by atoms with Crippen molar-refractivity contribution in [2.24, 2.45) is 0 Å². The van der Waals surface area contributed by atoms with Gasteiger partial charge in [0.2, 0.25) is 0 Å². The van der Waals surface area contributed by atoms with E-state index in [2.05, 4.69) is 16.8 Å². The van der Waals surface area contributed by atoms with E-state index in [0.717, 1.165) is 0 Å². The summed E-state index contributed by atoms with van der Waals surface area (Å²) in [4.78, 5) is 3.85. The maximum atomic E-state index is 8.68. The van der Waals surface area contributed by atoms with Crippen molar-refractivity contribution in [3.05, 3.63) is 23.4 Å². The van der Waals surface area contributed by atoms with E-state index in [4.69, 9.17) is 22.6 Å². The van der Waals surface area contributed by atoms with E-state index in [1.165, 1.54) is 6.20 Å². The van der Waals surface area contributed by atoms with Crippen LogP contribution in [-0.2, 0) is 0 Å². The number of hydrogen-bond donors (Lipinski definition) is 1. The number of nitrogens with zero attached hydrogens (tertiary/aromatic N) is 2. The van der Waals surface area contributed by atoms with E-state index in [9.17, 15) is 0 Å². The molecule has 0 aliphatic rings. The van der Waals surface area contributed by atoms with Gasteiger partial charge in [0.05, 0.1) is 5.56 Å². The fourth-order valence-corrected chi connectivity index (χ4v) is 0.940. The Labute approximate surface area is 87.5 Å². The lowest BCUT2D eigenvalue weighted by molar-refractivity contribution is 1.28. The van der Waals surface area contributed by atoms with E-state index in [0.29, 0.717) is 23.4 Å². The smallest absolute Gasteiger partial charge is 0.141 e. The molecule has 1 heterocycles. The quantitative estimate of drug-likeness (QED) is 0.559. The normalized spacial score (nSPS) is 8.57. The summed E-state index contributed by atoms with van der Waals surface area (Å²) in [5.41, 5.74) is 6.48. The van der Waals surface area contributed by atoms with Gasteiger partial charge in [-0.3, -0.25) is 0 Å². The number of pyridine rings is 1. The van der Waals surface area contributed by atoms with Crippen molar-refractivity contribution in [2.45, 2.75) is 6.42 Å². The van der Waals surface area contributed by atoms with Crippen LogP contribution in [0.5, 0.6) is 0 Å². The number of anilines is 1. The molecule has 0 bridgehead atoms. The lowest BCUT2D eigenvalue weighted by atomic mass is 10.2. The Bertz CT molecular complexity index is 423. The van der Waals surface area contributed by atoms with E-state index in [-0.39, 0.29) is 5.82 Å². The number of nitrogens with two attached hydrogens (primary N) is 1. The Hall–Kier alpha value is -1.71. The fourth-order valence-electron chi connectivity index (χ4n) is 0.845. The first-order valence-corrected chi connectivity index (χ1v) is 4.52. The second-order valence-electron chi connectivity index (χ2n) is 2.51. The van der Waals surface area contributed by atoms with Gasteiger partial charge in [-0.05, 0) is 6.07 Å². The maximum absolute atomic E-state index is 8.68. The fraction of sp³-hybridized carbons (Fsp3) is 0.200. The van der Waals surface area contributed by atoms with Gasteiger partial charge in [-0.1, -0.05) is 11.8 Å². The Morgan fingerprint density at radius 2 is 2.36 bits per heavy atom. The average Bonchev–Trinajstić information content (AvgIpc) is 2.21. The van der Waals surface area contributed by atoms with Crippen molar-refractivity contribution < 1.29 is 0 Å². The third kappa shape index (κ3) is 2.65. The number of nitriles is 1. The first-order chi connectivity index (χ1) is 6.77. The van der Waals surface area contributed by atoms with Gasteiger partial charge in [0.15, 0.2) is 0 Å². The highest BCUT2D eigenvalue weighted by atomic mass is 35.5. The predicted molar refractivity (Wildman–Crippen MR) is 55.6 cm³/mol. The van der Waals surface area contributed by atoms with Crippen LogP contribution in [0.15, 0.2) is 12.3 Å². The van der Waals surface area contributed by atoms with Crippen molar-refractivity contribution >= 4 is 17.4 Å². The zero-order chi connectivity index (χ0) is 10.4. The largest absolute Gasteiger partial charge is 0.383 e. The molecule has 0 aliphatic heterocycles. The molecule has 14 heavy (non-hydrogen) atoms. The van der Waals surface area contributed by atoms with Gasteiger partial charge in [-0.25, -0.2) is 4.98 Å². The zero-order valence-electron chi connectivity index (χ0n) is 7.42. The highest BCUT2D eigenvalue weighted by molar-refractivity contribution is 6.18. The number of hydrogen-bond acceptors (Lipinski definition) is 3. The summed E-state index contributed by atoms with van der Waals surface area (Å²) in [5.74, 6) is 6.43. The van der Waals surface area contributed by atoms with Gasteiger partial charge in [-0.2, -0.15) is 5.26 Å². The van der Waals surface area contributed by atoms with Crippen LogP contribution in [0.1, 0.15) is 17.5 Å². The second kappa shape index (κ2) is 5.11. The van der Waals surface area contributed by atoms with Crippen LogP contribution in [-0.4, -0.2) is 10.9 Å². The molecule has 0 unspecified atom stereocenters. The average molecular weight is 206 g/mol. The standard InChI is InChI=1S/C10H8ClN3/c11-4-2-1-3-8-5-9(6-12)10(13)14-7-8/h5,7H,2,4H2,(H2,13,14). The van der Waals surface area contributed by atoms with Crippen LogP contribution >= 0.6 is 11.6 Å². The highest BCUT2D eigenvalue weighted by Gasteiger charge is 1.98. The van der Waals surface area contributed by atoms with Crippen molar-refractivity contribution in [1.82, 2.24) is 4.98 Å². The minimum Gasteiger partial charge on any atom is -0.383 e. The van der Waals surface area contributed by atoms with Crippen LogP contribution < -0.4 is 5.73 Å². The molecular weight excluding hydrogens is 198 g/mol. The van der Waals surface area contributed by atoms with Crippen LogP contribution in [0, 0.1) is 23.2 Å². The molecule has 0 spiro atoms. The van der Waals surface area contributed by atoms with Gasteiger partial charge in [0.25, 0.3) is 0 Å². The predicted octanol–water partition coefficient (Wildman–Crippen LogP) is 1.52. The zero-order valence-corrected chi connectivity index (χ0v) is 8.17. The summed E-state index contributed by atoms with van der Waals surface area (Å²) in [6.07, 6.45) is 2.16. The van der Waals surface area contributed by atoms with Gasteiger partial charge in [-0.15, -0.1) is 11.6 Å². The van der Waals surface area contributed by atoms with Crippen molar-refractivity contribution in [1.29, 1.82) is 5.26 Å². The Balaban J connectivity index is 2.93. The Kier molecular flexibility index (Phi) is 3.79. The van der Waals surface area contributed by atoms with Gasteiger partial charge >= 0.3 is 0 Å². The number of halogens is 1. The SMILES string of the molecule is N#Cc1cc(C#CCCCl)cnc1N. The third-order valence-corrected chi connectivity index (χ3v) is 1.68. The molecule has 1 aromatic heterocycles. The summed E-state index contributed by atoms with van der Waals surface area (Å²) >= 11 is 5.46. The molecule has 4 heteroatoms. The number of alkyl halides is 1. The minimum atomic E-state index is 0.232. The Morgan fingerprint density at radius 3 is 3.00 bits per heavy atom. The monoisotopic (exact) mass is 205 g/mol. The summed E-state index contributed by atoms with van der Waals surface area (Å²) in [7, 11) is 0. The van der Waals surface area contributed by atoms with E-state index >= 15 is 0 Å². The van der Waals surface area contributed by atoms with Crippen molar-refractivity contribution in [3.8, 4) is 17.9 Å². The number of rotatable bonds is 1. The summed E-state index contributed by atoms with van der Waals surface area (Å²) in [6.45, 7) is 0. The van der Waals surface area contributed by atoms with Crippen molar-refractivity contribution in [2.75, 3.05) is 11.6 Å². The molecule has 0 amide bonds. The molecule has 70 valence electrons. The maximum Gasteiger partial charge on any atom is 0.141 e. The molecular formula is C10H8ClN3. The first kappa shape index (κ1) is 10.4. The molecule has 0 aliphatic carbocycles. The first-order valence-electron chi connectivity index (χ1n) is 3.98. The summed E-state index contributed by atoms with van der Waals surface area (Å²) < 4.78 is 0. The molecule has 0 aromatic carbocycles.